The molecule has 0 atom stereocenters. The highest BCUT2D eigenvalue weighted by molar-refractivity contribution is 6.17. The first kappa shape index (κ1) is 17.5. The summed E-state index contributed by atoms with van der Waals surface area (Å²) in [5.74, 6) is -1.06. The number of hydrogen-bond donors (Lipinski definition) is 2. The van der Waals surface area contributed by atoms with Gasteiger partial charge in [-0.15, -0.1) is 11.6 Å². The number of carbonyl (C=O) groups is 1. The van der Waals surface area contributed by atoms with Crippen molar-refractivity contribution in [1.29, 1.82) is 0 Å². The van der Waals surface area contributed by atoms with E-state index in [2.05, 4.69) is 9.97 Å². The van der Waals surface area contributed by atoms with Crippen LogP contribution in [0.2, 0.25) is 0 Å². The maximum absolute atomic E-state index is 11.7. The van der Waals surface area contributed by atoms with Crippen LogP contribution in [0.1, 0.15) is 43.5 Å². The molecule has 1 rings (SSSR count). The van der Waals surface area contributed by atoms with Crippen LogP contribution >= 0.6 is 11.6 Å². The van der Waals surface area contributed by atoms with Gasteiger partial charge in [0.15, 0.2) is 5.69 Å². The lowest BCUT2D eigenvalue weighted by Crippen LogP contribution is -2.30. The highest BCUT2D eigenvalue weighted by Gasteiger charge is 2.28. The van der Waals surface area contributed by atoms with Crippen LogP contribution in [0, 0.1) is 0 Å². The number of aromatic amines is 1. The molecule has 0 aliphatic heterocycles. The van der Waals surface area contributed by atoms with E-state index < -0.39 is 28.6 Å². The average molecular weight is 319 g/mol. The smallest absolute Gasteiger partial charge is 0.361 e. The first-order valence-electron chi connectivity index (χ1n) is 6.54. The number of aromatic nitrogens is 2. The van der Waals surface area contributed by atoms with Crippen molar-refractivity contribution in [2.24, 2.45) is 0 Å². The number of nitrogens with one attached hydrogen (secondary N) is 1. The zero-order chi connectivity index (χ0) is 16.0. The molecule has 0 aromatic carbocycles. The number of H-pyrrole nitrogens is 1. The van der Waals surface area contributed by atoms with E-state index in [0.717, 1.165) is 0 Å². The molecule has 0 fully saturated rings. The fraction of sp³-hybridized carbons (Fsp3) is 0.615. The van der Waals surface area contributed by atoms with E-state index in [-0.39, 0.29) is 12.4 Å². The van der Waals surface area contributed by atoms with Gasteiger partial charge in [0.25, 0.3) is 5.56 Å². The molecule has 0 radical (unpaired) electrons. The SMILES string of the molecule is CCOC(=O)c1nc(C(C)(C)OCCCCl)[nH]c(=O)c1O. The minimum atomic E-state index is -0.944. The lowest BCUT2D eigenvalue weighted by molar-refractivity contribution is -0.0279. The topological polar surface area (TPSA) is 102 Å². The number of rotatable bonds is 7. The second kappa shape index (κ2) is 7.42. The Hall–Kier alpha value is -1.60. The van der Waals surface area contributed by atoms with Crippen LogP contribution in [0.15, 0.2) is 4.79 Å². The minimum Gasteiger partial charge on any atom is -0.501 e. The predicted octanol–water partition coefficient (Wildman–Crippen LogP) is 1.53. The summed E-state index contributed by atoms with van der Waals surface area (Å²) in [5.41, 5.74) is -2.19. The third-order valence-corrected chi connectivity index (χ3v) is 2.94. The summed E-state index contributed by atoms with van der Waals surface area (Å²) < 4.78 is 10.4. The van der Waals surface area contributed by atoms with Crippen molar-refractivity contribution >= 4 is 17.6 Å². The second-order valence-electron chi connectivity index (χ2n) is 4.73. The number of alkyl halides is 1. The van der Waals surface area contributed by atoms with Crippen molar-refractivity contribution < 1.29 is 19.4 Å². The molecule has 1 heterocycles. The molecule has 1 aromatic heterocycles. The van der Waals surface area contributed by atoms with E-state index >= 15 is 0 Å². The zero-order valence-electron chi connectivity index (χ0n) is 12.2. The van der Waals surface area contributed by atoms with Crippen molar-refractivity contribution in [2.45, 2.75) is 32.8 Å². The molecule has 118 valence electrons. The van der Waals surface area contributed by atoms with Gasteiger partial charge in [-0.05, 0) is 27.2 Å². The van der Waals surface area contributed by atoms with E-state index in [1.807, 2.05) is 0 Å². The number of carbonyl (C=O) groups excluding carboxylic acids is 1. The number of nitrogens with zero attached hydrogens (tertiary/aromatic N) is 1. The van der Waals surface area contributed by atoms with Gasteiger partial charge >= 0.3 is 5.97 Å². The van der Waals surface area contributed by atoms with Gasteiger partial charge in [0, 0.05) is 12.5 Å². The normalized spacial score (nSPS) is 11.4. The summed E-state index contributed by atoms with van der Waals surface area (Å²) in [6, 6.07) is 0. The monoisotopic (exact) mass is 318 g/mol. The molecular weight excluding hydrogens is 300 g/mol. The molecule has 21 heavy (non-hydrogen) atoms. The number of esters is 1. The summed E-state index contributed by atoms with van der Waals surface area (Å²) in [6.07, 6.45) is 0.637. The summed E-state index contributed by atoms with van der Waals surface area (Å²) >= 11 is 5.58. The second-order valence-corrected chi connectivity index (χ2v) is 5.11. The molecule has 0 saturated heterocycles. The van der Waals surface area contributed by atoms with E-state index in [1.165, 1.54) is 0 Å². The van der Waals surface area contributed by atoms with Crippen LogP contribution in [-0.4, -0.2) is 40.1 Å². The van der Waals surface area contributed by atoms with E-state index in [1.54, 1.807) is 20.8 Å². The molecule has 0 saturated carbocycles. The van der Waals surface area contributed by atoms with Crippen molar-refractivity contribution in [3.05, 3.63) is 21.9 Å². The van der Waals surface area contributed by atoms with Crippen LogP contribution in [0.25, 0.3) is 0 Å². The molecule has 0 unspecified atom stereocenters. The van der Waals surface area contributed by atoms with Gasteiger partial charge in [0.1, 0.15) is 11.4 Å². The summed E-state index contributed by atoms with van der Waals surface area (Å²) in [6.45, 7) is 5.47. The molecule has 7 nitrogen and oxygen atoms in total. The molecule has 0 amide bonds. The van der Waals surface area contributed by atoms with Crippen LogP contribution in [-0.2, 0) is 15.1 Å². The van der Waals surface area contributed by atoms with Crippen molar-refractivity contribution in [3.63, 3.8) is 0 Å². The average Bonchev–Trinajstić information content (AvgIpc) is 2.41. The fourth-order valence-corrected chi connectivity index (χ4v) is 1.65. The van der Waals surface area contributed by atoms with Gasteiger partial charge in [-0.2, -0.15) is 0 Å². The summed E-state index contributed by atoms with van der Waals surface area (Å²) in [5, 5.41) is 9.63. The Bertz CT molecular complexity index is 556. The third kappa shape index (κ3) is 4.44. The Labute approximate surface area is 127 Å². The minimum absolute atomic E-state index is 0.109. The Morgan fingerprint density at radius 2 is 2.14 bits per heavy atom. The Balaban J connectivity index is 3.14. The summed E-state index contributed by atoms with van der Waals surface area (Å²) in [4.78, 5) is 29.8. The molecule has 0 bridgehead atoms. The van der Waals surface area contributed by atoms with Crippen molar-refractivity contribution in [3.8, 4) is 5.75 Å². The Morgan fingerprint density at radius 1 is 1.48 bits per heavy atom. The number of aromatic hydroxyl groups is 1. The predicted molar refractivity (Wildman–Crippen MR) is 76.8 cm³/mol. The van der Waals surface area contributed by atoms with Crippen LogP contribution in [0.4, 0.5) is 0 Å². The Morgan fingerprint density at radius 3 is 2.71 bits per heavy atom. The number of halogens is 1. The van der Waals surface area contributed by atoms with Crippen molar-refractivity contribution in [2.75, 3.05) is 19.1 Å². The number of hydrogen-bond acceptors (Lipinski definition) is 6. The van der Waals surface area contributed by atoms with Crippen molar-refractivity contribution in [1.82, 2.24) is 9.97 Å². The highest BCUT2D eigenvalue weighted by Crippen LogP contribution is 2.22. The molecule has 2 N–H and O–H groups in total. The molecule has 0 spiro atoms. The zero-order valence-corrected chi connectivity index (χ0v) is 13.0. The van der Waals surface area contributed by atoms with Gasteiger partial charge in [0.2, 0.25) is 5.75 Å². The Kier molecular flexibility index (Phi) is 6.17. The van der Waals surface area contributed by atoms with Gasteiger partial charge in [-0.25, -0.2) is 9.78 Å². The highest BCUT2D eigenvalue weighted by atomic mass is 35.5. The van der Waals surface area contributed by atoms with E-state index in [0.29, 0.717) is 18.9 Å². The van der Waals surface area contributed by atoms with Crippen LogP contribution < -0.4 is 5.56 Å². The van der Waals surface area contributed by atoms with E-state index in [4.69, 9.17) is 21.1 Å². The van der Waals surface area contributed by atoms with Gasteiger partial charge in [-0.3, -0.25) is 4.79 Å². The van der Waals surface area contributed by atoms with E-state index in [9.17, 15) is 14.7 Å². The maximum atomic E-state index is 11.7. The molecule has 0 aliphatic carbocycles. The first-order valence-corrected chi connectivity index (χ1v) is 7.07. The third-order valence-electron chi connectivity index (χ3n) is 2.67. The fourth-order valence-electron chi connectivity index (χ4n) is 1.54. The standard InChI is InChI=1S/C13H19ClN2O5/c1-4-20-11(19)8-9(17)10(18)16-12(15-8)13(2,3)21-7-5-6-14/h17H,4-7H2,1-3H3,(H,15,16,18). The molecule has 8 heteroatoms. The van der Waals surface area contributed by atoms with Gasteiger partial charge in [-0.1, -0.05) is 0 Å². The largest absolute Gasteiger partial charge is 0.501 e. The number of ether oxygens (including phenoxy) is 2. The molecule has 1 aromatic rings. The summed E-state index contributed by atoms with van der Waals surface area (Å²) in [7, 11) is 0. The molecular formula is C13H19ClN2O5. The van der Waals surface area contributed by atoms with Gasteiger partial charge in [0.05, 0.1) is 6.61 Å². The van der Waals surface area contributed by atoms with Gasteiger partial charge < -0.3 is 19.6 Å². The maximum Gasteiger partial charge on any atom is 0.361 e. The first-order chi connectivity index (χ1) is 9.83. The lowest BCUT2D eigenvalue weighted by atomic mass is 10.1. The molecule has 0 aliphatic rings. The lowest BCUT2D eigenvalue weighted by Gasteiger charge is -2.24. The van der Waals surface area contributed by atoms with Crippen LogP contribution in [0.5, 0.6) is 5.75 Å². The van der Waals surface area contributed by atoms with Crippen LogP contribution in [0.3, 0.4) is 0 Å². The quantitative estimate of drug-likeness (QED) is 0.449.